The number of benzene rings is 7. The SMILES string of the molecule is C1=CC(c2cccc(-c3nc(N4c5ccccc5-c5nc6ccccc6c6cccc4c56)nc4c5ccccc5c5ccccc5c34)c2)=CCC1. The van der Waals surface area contributed by atoms with Gasteiger partial charge in [0.1, 0.15) is 0 Å². The van der Waals surface area contributed by atoms with Gasteiger partial charge in [0.15, 0.2) is 0 Å². The highest BCUT2D eigenvalue weighted by atomic mass is 15.3. The summed E-state index contributed by atoms with van der Waals surface area (Å²) in [6.45, 7) is 0. The van der Waals surface area contributed by atoms with Gasteiger partial charge in [0.25, 0.3) is 0 Å². The van der Waals surface area contributed by atoms with E-state index < -0.39 is 0 Å². The van der Waals surface area contributed by atoms with Crippen LogP contribution in [0.25, 0.3) is 82.2 Å². The smallest absolute Gasteiger partial charge is 0.235 e. The van der Waals surface area contributed by atoms with Gasteiger partial charge in [-0.3, -0.25) is 4.90 Å². The Labute approximate surface area is 294 Å². The maximum absolute atomic E-state index is 5.62. The number of rotatable bonds is 3. The van der Waals surface area contributed by atoms with Gasteiger partial charge < -0.3 is 0 Å². The van der Waals surface area contributed by atoms with Crippen LogP contribution >= 0.6 is 0 Å². The van der Waals surface area contributed by atoms with Crippen LogP contribution in [0.2, 0.25) is 0 Å². The van der Waals surface area contributed by atoms with Crippen molar-refractivity contribution in [2.45, 2.75) is 12.8 Å². The molecule has 2 aliphatic rings. The Kier molecular flexibility index (Phi) is 6.05. The molecule has 2 aromatic heterocycles. The Morgan fingerprint density at radius 2 is 1.14 bits per heavy atom. The summed E-state index contributed by atoms with van der Waals surface area (Å²) < 4.78 is 0. The van der Waals surface area contributed by atoms with Gasteiger partial charge in [0.05, 0.1) is 33.8 Å². The third-order valence-corrected chi connectivity index (χ3v) is 10.6. The van der Waals surface area contributed by atoms with E-state index in [0.717, 1.165) is 84.7 Å². The molecule has 0 spiro atoms. The summed E-state index contributed by atoms with van der Waals surface area (Å²) in [6, 6.07) is 49.7. The summed E-state index contributed by atoms with van der Waals surface area (Å²) in [4.78, 5) is 18.7. The van der Waals surface area contributed by atoms with Crippen molar-refractivity contribution in [3.8, 4) is 22.5 Å². The van der Waals surface area contributed by atoms with Crippen LogP contribution < -0.4 is 4.90 Å². The standard InChI is InChI=1S/C47H30N4/c1-2-14-29(15-3-1)30-16-12-17-31(28-30)44-43-35-21-6-4-18-32(35)33-19-5-7-22-37(33)45(43)50-47(49-44)51-40-26-11-9-23-38(40)46-42-36(24-13-27-41(42)51)34-20-8-10-25-39(34)48-46/h2,4-28H,1,3H2. The average molecular weight is 651 g/mol. The van der Waals surface area contributed by atoms with E-state index in [4.69, 9.17) is 15.0 Å². The van der Waals surface area contributed by atoms with Crippen molar-refractivity contribution in [2.24, 2.45) is 0 Å². The minimum absolute atomic E-state index is 0.638. The summed E-state index contributed by atoms with van der Waals surface area (Å²) in [5, 5.41) is 9.14. The molecule has 11 rings (SSSR count). The number of para-hydroxylation sites is 2. The van der Waals surface area contributed by atoms with Crippen LogP contribution in [0.3, 0.4) is 0 Å². The minimum Gasteiger partial charge on any atom is -0.278 e. The number of fused-ring (bicyclic) bond motifs is 10. The first kappa shape index (κ1) is 28.2. The second-order valence-electron chi connectivity index (χ2n) is 13.4. The first-order valence-electron chi connectivity index (χ1n) is 17.6. The fraction of sp³-hybridized carbons (Fsp3) is 0.0426. The van der Waals surface area contributed by atoms with Crippen LogP contribution in [-0.2, 0) is 0 Å². The monoisotopic (exact) mass is 650 g/mol. The van der Waals surface area contributed by atoms with E-state index in [-0.39, 0.29) is 0 Å². The summed E-state index contributed by atoms with van der Waals surface area (Å²) in [6.07, 6.45) is 8.99. The molecular weight excluding hydrogens is 621 g/mol. The van der Waals surface area contributed by atoms with Gasteiger partial charge in [-0.1, -0.05) is 133 Å². The second kappa shape index (κ2) is 10.9. The quantitative estimate of drug-likeness (QED) is 0.178. The molecule has 1 aliphatic heterocycles. The topological polar surface area (TPSA) is 41.9 Å². The molecule has 1 aliphatic carbocycles. The highest BCUT2D eigenvalue weighted by Gasteiger charge is 2.30. The Bertz CT molecular complexity index is 2990. The van der Waals surface area contributed by atoms with Crippen molar-refractivity contribution >= 4 is 77.0 Å². The van der Waals surface area contributed by atoms with Crippen LogP contribution in [0.1, 0.15) is 18.4 Å². The molecule has 4 heteroatoms. The lowest BCUT2D eigenvalue weighted by atomic mass is 9.92. The highest BCUT2D eigenvalue weighted by molar-refractivity contribution is 6.27. The largest absolute Gasteiger partial charge is 0.278 e. The van der Waals surface area contributed by atoms with E-state index in [1.165, 1.54) is 27.3 Å². The lowest BCUT2D eigenvalue weighted by molar-refractivity contribution is 1.04. The van der Waals surface area contributed by atoms with Crippen molar-refractivity contribution in [3.63, 3.8) is 0 Å². The second-order valence-corrected chi connectivity index (χ2v) is 13.4. The van der Waals surface area contributed by atoms with Crippen LogP contribution in [0, 0.1) is 0 Å². The predicted molar refractivity (Wildman–Crippen MR) is 213 cm³/mol. The van der Waals surface area contributed by atoms with E-state index in [2.05, 4.69) is 163 Å². The van der Waals surface area contributed by atoms with Crippen LogP contribution in [0.5, 0.6) is 0 Å². The van der Waals surface area contributed by atoms with Crippen LogP contribution in [0.15, 0.2) is 158 Å². The molecule has 7 aromatic carbocycles. The number of nitrogens with zero attached hydrogens (tertiary/aromatic N) is 4. The van der Waals surface area contributed by atoms with Gasteiger partial charge in [-0.25, -0.2) is 15.0 Å². The lowest BCUT2D eigenvalue weighted by Crippen LogP contribution is -2.18. The zero-order valence-corrected chi connectivity index (χ0v) is 27.7. The average Bonchev–Trinajstić information content (AvgIpc) is 3.21. The Hall–Kier alpha value is -6.65. The molecule has 0 atom stereocenters. The van der Waals surface area contributed by atoms with Gasteiger partial charge >= 0.3 is 0 Å². The van der Waals surface area contributed by atoms with Crippen molar-refractivity contribution in [2.75, 3.05) is 4.90 Å². The van der Waals surface area contributed by atoms with E-state index in [1.807, 2.05) is 0 Å². The Morgan fingerprint density at radius 1 is 0.471 bits per heavy atom. The molecule has 4 nitrogen and oxygen atoms in total. The molecule has 0 radical (unpaired) electrons. The first-order valence-corrected chi connectivity index (χ1v) is 17.6. The van der Waals surface area contributed by atoms with Crippen molar-refractivity contribution in [1.29, 1.82) is 0 Å². The molecule has 0 amide bonds. The molecule has 3 heterocycles. The molecule has 0 saturated heterocycles. The van der Waals surface area contributed by atoms with E-state index in [9.17, 15) is 0 Å². The Morgan fingerprint density at radius 3 is 2.00 bits per heavy atom. The number of allylic oxidation sites excluding steroid dienone is 4. The van der Waals surface area contributed by atoms with Gasteiger partial charge in [0, 0.05) is 32.7 Å². The maximum atomic E-state index is 5.62. The molecule has 0 fully saturated rings. The van der Waals surface area contributed by atoms with Crippen LogP contribution in [0.4, 0.5) is 17.3 Å². The summed E-state index contributed by atoms with van der Waals surface area (Å²) in [5.74, 6) is 0.638. The number of aromatic nitrogens is 3. The summed E-state index contributed by atoms with van der Waals surface area (Å²) in [7, 11) is 0. The molecule has 0 N–H and O–H groups in total. The zero-order valence-electron chi connectivity index (χ0n) is 27.7. The van der Waals surface area contributed by atoms with Crippen molar-refractivity contribution < 1.29 is 0 Å². The molecule has 238 valence electrons. The van der Waals surface area contributed by atoms with Crippen molar-refractivity contribution in [1.82, 2.24) is 15.0 Å². The normalized spacial score (nSPS) is 13.7. The zero-order chi connectivity index (χ0) is 33.5. The molecule has 0 saturated carbocycles. The third-order valence-electron chi connectivity index (χ3n) is 10.6. The molecular formula is C47H30N4. The molecule has 0 bridgehead atoms. The Balaban J connectivity index is 1.28. The highest BCUT2D eigenvalue weighted by Crippen LogP contribution is 2.51. The van der Waals surface area contributed by atoms with E-state index in [0.29, 0.717) is 5.95 Å². The van der Waals surface area contributed by atoms with E-state index in [1.54, 1.807) is 0 Å². The van der Waals surface area contributed by atoms with Crippen LogP contribution in [-0.4, -0.2) is 15.0 Å². The molecule has 51 heavy (non-hydrogen) atoms. The van der Waals surface area contributed by atoms with Gasteiger partial charge in [0.2, 0.25) is 5.95 Å². The maximum Gasteiger partial charge on any atom is 0.235 e. The number of anilines is 3. The lowest BCUT2D eigenvalue weighted by Gasteiger charge is -2.32. The third kappa shape index (κ3) is 4.17. The number of hydrogen-bond acceptors (Lipinski definition) is 4. The minimum atomic E-state index is 0.638. The summed E-state index contributed by atoms with van der Waals surface area (Å²) in [5.41, 5.74) is 10.5. The summed E-state index contributed by atoms with van der Waals surface area (Å²) >= 11 is 0. The molecule has 0 unspecified atom stereocenters. The first-order chi connectivity index (χ1) is 25.3. The van der Waals surface area contributed by atoms with Crippen molar-refractivity contribution in [3.05, 3.63) is 163 Å². The number of pyridine rings is 1. The van der Waals surface area contributed by atoms with Gasteiger partial charge in [-0.2, -0.15) is 0 Å². The van der Waals surface area contributed by atoms with Gasteiger partial charge in [-0.15, -0.1) is 0 Å². The number of hydrogen-bond donors (Lipinski definition) is 0. The van der Waals surface area contributed by atoms with E-state index >= 15 is 0 Å². The fourth-order valence-corrected chi connectivity index (χ4v) is 8.33. The predicted octanol–water partition coefficient (Wildman–Crippen LogP) is 12.5. The fourth-order valence-electron chi connectivity index (χ4n) is 8.33. The molecule has 9 aromatic rings. The van der Waals surface area contributed by atoms with Gasteiger partial charge in [-0.05, 0) is 69.8 Å².